The van der Waals surface area contributed by atoms with Crippen molar-refractivity contribution < 1.29 is 22.6 Å². The zero-order valence-corrected chi connectivity index (χ0v) is 17.6. The first kappa shape index (κ1) is 21.0. The Balaban J connectivity index is 1.69. The Labute approximate surface area is 175 Å². The SMILES string of the molecule is CC1=Nc2c(c(=O)[nH]n2[C@H]2CCOC(C)(C)C2)[C@@H](c2ccc(OC(F)(F)F)cc2)S1. The number of rotatable bonds is 3. The number of fused-ring (bicyclic) bond motifs is 1. The zero-order chi connectivity index (χ0) is 21.7. The Morgan fingerprint density at radius 1 is 1.30 bits per heavy atom. The number of nitrogens with one attached hydrogen (secondary N) is 1. The number of thioether (sulfide) groups is 1. The van der Waals surface area contributed by atoms with Crippen molar-refractivity contribution in [1.29, 1.82) is 0 Å². The fraction of sp³-hybridized carbons (Fsp3) is 0.500. The summed E-state index contributed by atoms with van der Waals surface area (Å²) in [6.07, 6.45) is -3.25. The number of nitrogens with zero attached hydrogens (tertiary/aromatic N) is 2. The molecule has 10 heteroatoms. The van der Waals surface area contributed by atoms with E-state index < -0.39 is 6.36 Å². The van der Waals surface area contributed by atoms with Crippen LogP contribution in [0.1, 0.15) is 56.0 Å². The van der Waals surface area contributed by atoms with Crippen molar-refractivity contribution in [2.45, 2.75) is 56.9 Å². The maximum Gasteiger partial charge on any atom is 0.573 e. The lowest BCUT2D eigenvalue weighted by molar-refractivity contribution is -0.274. The van der Waals surface area contributed by atoms with Gasteiger partial charge in [0.2, 0.25) is 0 Å². The molecule has 0 amide bonds. The highest BCUT2D eigenvalue weighted by Gasteiger charge is 2.36. The molecule has 0 saturated carbocycles. The molecular weight excluding hydrogens is 419 g/mol. The Kier molecular flexibility index (Phi) is 5.26. The van der Waals surface area contributed by atoms with Crippen molar-refractivity contribution in [3.05, 3.63) is 45.7 Å². The first-order valence-electron chi connectivity index (χ1n) is 9.58. The second-order valence-electron chi connectivity index (χ2n) is 8.05. The largest absolute Gasteiger partial charge is 0.573 e. The lowest BCUT2D eigenvalue weighted by Gasteiger charge is -2.36. The summed E-state index contributed by atoms with van der Waals surface area (Å²) in [7, 11) is 0. The van der Waals surface area contributed by atoms with Crippen LogP contribution in [-0.4, -0.2) is 33.4 Å². The van der Waals surface area contributed by atoms with Crippen molar-refractivity contribution in [2.24, 2.45) is 4.99 Å². The minimum Gasteiger partial charge on any atom is -0.406 e. The molecule has 2 aromatic rings. The molecule has 1 aromatic heterocycles. The van der Waals surface area contributed by atoms with E-state index in [0.29, 0.717) is 23.6 Å². The molecule has 2 atom stereocenters. The third-order valence-electron chi connectivity index (χ3n) is 5.20. The number of alkyl halides is 3. The number of benzene rings is 1. The summed E-state index contributed by atoms with van der Waals surface area (Å²) in [6.45, 7) is 6.49. The quantitative estimate of drug-likeness (QED) is 0.720. The Morgan fingerprint density at radius 3 is 2.63 bits per heavy atom. The van der Waals surface area contributed by atoms with Gasteiger partial charge in [-0.1, -0.05) is 23.9 Å². The van der Waals surface area contributed by atoms with Crippen LogP contribution in [0.3, 0.4) is 0 Å². The molecule has 0 aliphatic carbocycles. The van der Waals surface area contributed by atoms with E-state index in [9.17, 15) is 18.0 Å². The van der Waals surface area contributed by atoms with E-state index in [2.05, 4.69) is 14.8 Å². The summed E-state index contributed by atoms with van der Waals surface area (Å²) in [4.78, 5) is 17.5. The van der Waals surface area contributed by atoms with Crippen LogP contribution in [-0.2, 0) is 4.74 Å². The fourth-order valence-electron chi connectivity index (χ4n) is 3.97. The molecule has 1 fully saturated rings. The lowest BCUT2D eigenvalue weighted by Crippen LogP contribution is -2.35. The molecule has 6 nitrogen and oxygen atoms in total. The van der Waals surface area contributed by atoms with E-state index in [1.807, 2.05) is 25.5 Å². The van der Waals surface area contributed by atoms with Crippen LogP contribution in [0.15, 0.2) is 34.1 Å². The highest BCUT2D eigenvalue weighted by atomic mass is 32.2. The maximum absolute atomic E-state index is 12.9. The summed E-state index contributed by atoms with van der Waals surface area (Å²) < 4.78 is 48.9. The minimum atomic E-state index is -4.75. The standard InChI is InChI=1S/C20H22F3N3O3S/c1-11-24-17-15(18(27)25-26(17)13-8-9-28-19(2,3)10-13)16(30-11)12-4-6-14(7-5-12)29-20(21,22)23/h4-7,13,16H,8-10H2,1-3H3,(H,25,27)/t13-,16+/m0/s1. The molecule has 0 radical (unpaired) electrons. The molecule has 3 heterocycles. The number of hydrogen-bond acceptors (Lipinski definition) is 5. The molecule has 2 aliphatic rings. The van der Waals surface area contributed by atoms with E-state index in [0.717, 1.165) is 17.9 Å². The zero-order valence-electron chi connectivity index (χ0n) is 16.7. The van der Waals surface area contributed by atoms with Gasteiger partial charge >= 0.3 is 6.36 Å². The van der Waals surface area contributed by atoms with E-state index >= 15 is 0 Å². The number of H-pyrrole nitrogens is 1. The second kappa shape index (κ2) is 7.49. The van der Waals surface area contributed by atoms with Crippen molar-refractivity contribution >= 4 is 22.6 Å². The predicted molar refractivity (Wildman–Crippen MR) is 109 cm³/mol. The van der Waals surface area contributed by atoms with Gasteiger partial charge in [-0.15, -0.1) is 13.2 Å². The highest BCUT2D eigenvalue weighted by molar-refractivity contribution is 8.14. The van der Waals surface area contributed by atoms with Gasteiger partial charge in [-0.2, -0.15) is 0 Å². The smallest absolute Gasteiger partial charge is 0.406 e. The molecule has 2 aliphatic heterocycles. The summed E-state index contributed by atoms with van der Waals surface area (Å²) in [5, 5.41) is 3.35. The Hall–Kier alpha value is -2.20. The van der Waals surface area contributed by atoms with E-state index in [-0.39, 0.29) is 28.2 Å². The van der Waals surface area contributed by atoms with Crippen LogP contribution in [0.25, 0.3) is 0 Å². The van der Waals surface area contributed by atoms with Crippen LogP contribution in [0.2, 0.25) is 0 Å². The van der Waals surface area contributed by atoms with Crippen molar-refractivity contribution in [3.8, 4) is 5.75 Å². The van der Waals surface area contributed by atoms with Gasteiger partial charge in [-0.25, -0.2) is 4.99 Å². The van der Waals surface area contributed by atoms with Gasteiger partial charge in [0.25, 0.3) is 5.56 Å². The summed E-state index contributed by atoms with van der Waals surface area (Å²) in [6, 6.07) is 5.67. The van der Waals surface area contributed by atoms with Crippen LogP contribution in [0.5, 0.6) is 5.75 Å². The molecule has 1 aromatic carbocycles. The number of aromatic nitrogens is 2. The van der Waals surface area contributed by atoms with E-state index in [1.165, 1.54) is 23.9 Å². The van der Waals surface area contributed by atoms with Gasteiger partial charge in [-0.05, 0) is 51.3 Å². The second-order valence-corrected chi connectivity index (χ2v) is 9.35. The number of hydrogen-bond donors (Lipinski definition) is 1. The van der Waals surface area contributed by atoms with Crippen LogP contribution >= 0.6 is 11.8 Å². The minimum absolute atomic E-state index is 0.0491. The van der Waals surface area contributed by atoms with Gasteiger partial charge in [0.05, 0.1) is 27.5 Å². The van der Waals surface area contributed by atoms with Crippen molar-refractivity contribution in [1.82, 2.24) is 9.78 Å². The van der Waals surface area contributed by atoms with Crippen LogP contribution in [0.4, 0.5) is 19.0 Å². The fourth-order valence-corrected chi connectivity index (χ4v) is 5.08. The average Bonchev–Trinajstić information content (AvgIpc) is 2.96. The lowest BCUT2D eigenvalue weighted by atomic mass is 9.94. The van der Waals surface area contributed by atoms with E-state index in [1.54, 1.807) is 12.1 Å². The Bertz CT molecular complexity index is 1020. The average molecular weight is 441 g/mol. The van der Waals surface area contributed by atoms with Gasteiger partial charge < -0.3 is 9.47 Å². The maximum atomic E-state index is 12.9. The van der Waals surface area contributed by atoms with Gasteiger partial charge in [0.15, 0.2) is 5.82 Å². The molecule has 162 valence electrons. The van der Waals surface area contributed by atoms with Gasteiger partial charge in [-0.3, -0.25) is 14.6 Å². The summed E-state index contributed by atoms with van der Waals surface area (Å²) in [5.74, 6) is 0.285. The normalized spacial score (nSPS) is 23.6. The van der Waals surface area contributed by atoms with Crippen molar-refractivity contribution in [2.75, 3.05) is 6.61 Å². The van der Waals surface area contributed by atoms with Gasteiger partial charge in [0.1, 0.15) is 5.75 Å². The molecule has 4 rings (SSSR count). The van der Waals surface area contributed by atoms with Crippen LogP contribution in [0, 0.1) is 0 Å². The van der Waals surface area contributed by atoms with Gasteiger partial charge in [0, 0.05) is 6.61 Å². The third-order valence-corrected chi connectivity index (χ3v) is 6.38. The highest BCUT2D eigenvalue weighted by Crippen LogP contribution is 2.45. The number of aliphatic imine (C=N–C) groups is 1. The molecule has 0 spiro atoms. The third kappa shape index (κ3) is 4.29. The van der Waals surface area contributed by atoms with E-state index in [4.69, 9.17) is 4.74 Å². The molecule has 0 unspecified atom stereocenters. The van der Waals surface area contributed by atoms with Crippen LogP contribution < -0.4 is 10.3 Å². The number of halogens is 3. The molecule has 1 saturated heterocycles. The molecule has 0 bridgehead atoms. The summed E-state index contributed by atoms with van der Waals surface area (Å²) in [5.41, 5.74) is 0.686. The first-order valence-corrected chi connectivity index (χ1v) is 10.5. The molecule has 1 N–H and O–H groups in total. The Morgan fingerprint density at radius 2 is 2.00 bits per heavy atom. The van der Waals surface area contributed by atoms with Crippen molar-refractivity contribution in [3.63, 3.8) is 0 Å². The molecule has 30 heavy (non-hydrogen) atoms. The number of aromatic amines is 1. The number of ether oxygens (including phenoxy) is 2. The predicted octanol–water partition coefficient (Wildman–Crippen LogP) is 5.09. The monoisotopic (exact) mass is 441 g/mol. The molecular formula is C20H22F3N3O3S. The topological polar surface area (TPSA) is 68.6 Å². The first-order chi connectivity index (χ1) is 14.0. The summed E-state index contributed by atoms with van der Waals surface area (Å²) >= 11 is 1.40.